The van der Waals surface area contributed by atoms with Crippen molar-refractivity contribution in [3.8, 4) is 11.9 Å². The second-order valence-electron chi connectivity index (χ2n) is 4.14. The standard InChI is InChI=1S/C14H9FN4/c1-9-18-12-4-2-10(7-16)6-13(12)19(9)14-5-3-11(15)8-17-14/h2-6,8H,1H3. The molecule has 3 aromatic rings. The van der Waals surface area contributed by atoms with Crippen molar-refractivity contribution in [2.75, 3.05) is 0 Å². The molecule has 4 nitrogen and oxygen atoms in total. The average molecular weight is 252 g/mol. The molecule has 2 heterocycles. The van der Waals surface area contributed by atoms with Gasteiger partial charge in [-0.3, -0.25) is 4.57 Å². The van der Waals surface area contributed by atoms with Crippen LogP contribution in [0.15, 0.2) is 36.5 Å². The summed E-state index contributed by atoms with van der Waals surface area (Å²) in [5.74, 6) is 0.934. The zero-order chi connectivity index (χ0) is 13.4. The van der Waals surface area contributed by atoms with Crippen LogP contribution in [0.4, 0.5) is 4.39 Å². The van der Waals surface area contributed by atoms with E-state index < -0.39 is 0 Å². The average Bonchev–Trinajstić information content (AvgIpc) is 2.75. The molecule has 0 N–H and O–H groups in total. The zero-order valence-electron chi connectivity index (χ0n) is 10.1. The summed E-state index contributed by atoms with van der Waals surface area (Å²) in [4.78, 5) is 8.46. The molecule has 0 aliphatic carbocycles. The maximum absolute atomic E-state index is 12.9. The van der Waals surface area contributed by atoms with Gasteiger partial charge in [0.25, 0.3) is 0 Å². The maximum Gasteiger partial charge on any atom is 0.141 e. The highest BCUT2D eigenvalue weighted by molar-refractivity contribution is 5.79. The summed E-state index contributed by atoms with van der Waals surface area (Å²) in [6.07, 6.45) is 1.16. The fourth-order valence-corrected chi connectivity index (χ4v) is 2.05. The third kappa shape index (κ3) is 1.83. The Morgan fingerprint density at radius 3 is 2.79 bits per heavy atom. The van der Waals surface area contributed by atoms with Gasteiger partial charge in [-0.1, -0.05) is 0 Å². The Morgan fingerprint density at radius 2 is 2.11 bits per heavy atom. The number of pyridine rings is 1. The van der Waals surface area contributed by atoms with E-state index in [1.807, 2.05) is 6.92 Å². The van der Waals surface area contributed by atoms with Crippen LogP contribution in [0.1, 0.15) is 11.4 Å². The second-order valence-corrected chi connectivity index (χ2v) is 4.14. The fraction of sp³-hybridized carbons (Fsp3) is 0.0714. The minimum absolute atomic E-state index is 0.386. The largest absolute Gasteiger partial charge is 0.281 e. The lowest BCUT2D eigenvalue weighted by molar-refractivity contribution is 0.620. The number of nitrogens with zero attached hydrogens (tertiary/aromatic N) is 4. The van der Waals surface area contributed by atoms with Crippen LogP contribution >= 0.6 is 0 Å². The van der Waals surface area contributed by atoms with Gasteiger partial charge in [-0.05, 0) is 37.3 Å². The van der Waals surface area contributed by atoms with Gasteiger partial charge in [0.2, 0.25) is 0 Å². The summed E-state index contributed by atoms with van der Waals surface area (Å²) < 4.78 is 14.7. The minimum Gasteiger partial charge on any atom is -0.281 e. The van der Waals surface area contributed by atoms with Crippen LogP contribution in [0.5, 0.6) is 0 Å². The highest BCUT2D eigenvalue weighted by Gasteiger charge is 2.10. The van der Waals surface area contributed by atoms with Crippen molar-refractivity contribution in [1.29, 1.82) is 5.26 Å². The van der Waals surface area contributed by atoms with Crippen molar-refractivity contribution in [3.63, 3.8) is 0 Å². The van der Waals surface area contributed by atoms with E-state index in [1.54, 1.807) is 28.8 Å². The number of imidazole rings is 1. The molecular weight excluding hydrogens is 243 g/mol. The summed E-state index contributed by atoms with van der Waals surface area (Å²) in [7, 11) is 0. The van der Waals surface area contributed by atoms with Crippen LogP contribution in [-0.2, 0) is 0 Å². The van der Waals surface area contributed by atoms with Crippen LogP contribution in [0.2, 0.25) is 0 Å². The van der Waals surface area contributed by atoms with Crippen LogP contribution in [0.3, 0.4) is 0 Å². The molecule has 0 aliphatic rings. The van der Waals surface area contributed by atoms with Crippen LogP contribution in [0.25, 0.3) is 16.9 Å². The van der Waals surface area contributed by atoms with Crippen LogP contribution in [0, 0.1) is 24.1 Å². The SMILES string of the molecule is Cc1nc2ccc(C#N)cc2n1-c1ccc(F)cn1. The molecule has 0 saturated heterocycles. The molecule has 5 heteroatoms. The minimum atomic E-state index is -0.386. The molecule has 19 heavy (non-hydrogen) atoms. The molecule has 0 radical (unpaired) electrons. The van der Waals surface area contributed by atoms with E-state index in [0.29, 0.717) is 11.4 Å². The van der Waals surface area contributed by atoms with E-state index in [0.717, 1.165) is 23.1 Å². The molecule has 0 spiro atoms. The summed E-state index contributed by atoms with van der Waals surface area (Å²) in [5.41, 5.74) is 2.12. The van der Waals surface area contributed by atoms with Gasteiger partial charge >= 0.3 is 0 Å². The molecule has 0 unspecified atom stereocenters. The summed E-state index contributed by atoms with van der Waals surface area (Å²) in [5, 5.41) is 8.96. The number of aryl methyl sites for hydroxylation is 1. The Labute approximate surface area is 108 Å². The topological polar surface area (TPSA) is 54.5 Å². The van der Waals surface area contributed by atoms with Gasteiger partial charge in [-0.15, -0.1) is 0 Å². The summed E-state index contributed by atoms with van der Waals surface area (Å²) in [6.45, 7) is 1.84. The highest BCUT2D eigenvalue weighted by atomic mass is 19.1. The fourth-order valence-electron chi connectivity index (χ4n) is 2.05. The number of nitriles is 1. The highest BCUT2D eigenvalue weighted by Crippen LogP contribution is 2.21. The number of halogens is 1. The number of benzene rings is 1. The van der Waals surface area contributed by atoms with Crippen molar-refractivity contribution in [2.24, 2.45) is 0 Å². The number of aromatic nitrogens is 3. The Bertz CT molecular complexity index is 797. The second kappa shape index (κ2) is 4.18. The predicted molar refractivity (Wildman–Crippen MR) is 68.3 cm³/mol. The lowest BCUT2D eigenvalue weighted by atomic mass is 10.2. The number of hydrogen-bond donors (Lipinski definition) is 0. The molecule has 0 amide bonds. The summed E-state index contributed by atoms with van der Waals surface area (Å²) >= 11 is 0. The third-order valence-electron chi connectivity index (χ3n) is 2.89. The molecular formula is C14H9FN4. The first-order valence-electron chi connectivity index (χ1n) is 5.70. The van der Waals surface area contributed by atoms with E-state index in [4.69, 9.17) is 5.26 Å². The molecule has 2 aromatic heterocycles. The maximum atomic E-state index is 12.9. The van der Waals surface area contributed by atoms with Crippen LogP contribution < -0.4 is 0 Å². The Morgan fingerprint density at radius 1 is 1.26 bits per heavy atom. The summed E-state index contributed by atoms with van der Waals surface area (Å²) in [6, 6.07) is 10.3. The molecule has 1 aromatic carbocycles. The van der Waals surface area contributed by atoms with E-state index in [2.05, 4.69) is 16.0 Å². The van der Waals surface area contributed by atoms with Gasteiger partial charge in [0.1, 0.15) is 17.5 Å². The van der Waals surface area contributed by atoms with E-state index in [-0.39, 0.29) is 5.82 Å². The van der Waals surface area contributed by atoms with Gasteiger partial charge < -0.3 is 0 Å². The van der Waals surface area contributed by atoms with Gasteiger partial charge in [0.05, 0.1) is 28.9 Å². The monoisotopic (exact) mass is 252 g/mol. The molecule has 0 bridgehead atoms. The quantitative estimate of drug-likeness (QED) is 0.669. The van der Waals surface area contributed by atoms with E-state index in [9.17, 15) is 4.39 Å². The lowest BCUT2D eigenvalue weighted by Crippen LogP contribution is -2.00. The van der Waals surface area contributed by atoms with E-state index in [1.165, 1.54) is 6.07 Å². The van der Waals surface area contributed by atoms with Crippen molar-refractivity contribution < 1.29 is 4.39 Å². The smallest absolute Gasteiger partial charge is 0.141 e. The third-order valence-corrected chi connectivity index (χ3v) is 2.89. The molecule has 0 aliphatic heterocycles. The Kier molecular flexibility index (Phi) is 2.50. The number of hydrogen-bond acceptors (Lipinski definition) is 3. The van der Waals surface area contributed by atoms with Crippen molar-refractivity contribution in [3.05, 3.63) is 53.7 Å². The molecule has 0 saturated carbocycles. The zero-order valence-corrected chi connectivity index (χ0v) is 10.1. The van der Waals surface area contributed by atoms with Gasteiger partial charge in [-0.25, -0.2) is 14.4 Å². The molecule has 0 fully saturated rings. The number of rotatable bonds is 1. The van der Waals surface area contributed by atoms with Crippen molar-refractivity contribution in [2.45, 2.75) is 6.92 Å². The van der Waals surface area contributed by atoms with Gasteiger partial charge in [0.15, 0.2) is 0 Å². The molecule has 92 valence electrons. The first kappa shape index (κ1) is 11.4. The molecule has 3 rings (SSSR count). The Hall–Kier alpha value is -2.74. The van der Waals surface area contributed by atoms with Gasteiger partial charge in [0, 0.05) is 0 Å². The van der Waals surface area contributed by atoms with Crippen LogP contribution in [-0.4, -0.2) is 14.5 Å². The Balaban J connectivity index is 2.30. The predicted octanol–water partition coefficient (Wildman–Crippen LogP) is 2.74. The normalized spacial score (nSPS) is 10.6. The van der Waals surface area contributed by atoms with Gasteiger partial charge in [-0.2, -0.15) is 5.26 Å². The first-order chi connectivity index (χ1) is 9.19. The van der Waals surface area contributed by atoms with Crippen molar-refractivity contribution in [1.82, 2.24) is 14.5 Å². The van der Waals surface area contributed by atoms with E-state index >= 15 is 0 Å². The number of fused-ring (bicyclic) bond motifs is 1. The molecule has 0 atom stereocenters. The first-order valence-corrected chi connectivity index (χ1v) is 5.70. The van der Waals surface area contributed by atoms with Crippen molar-refractivity contribution >= 4 is 11.0 Å². The lowest BCUT2D eigenvalue weighted by Gasteiger charge is -2.05.